The molecule has 25 heavy (non-hydrogen) atoms. The summed E-state index contributed by atoms with van der Waals surface area (Å²) in [6.45, 7) is 4.85. The van der Waals surface area contributed by atoms with Gasteiger partial charge >= 0.3 is 0 Å². The van der Waals surface area contributed by atoms with Crippen molar-refractivity contribution in [3.63, 3.8) is 0 Å². The number of nitrogens with one attached hydrogen (secondary N) is 1. The third-order valence-electron chi connectivity index (χ3n) is 5.33. The fourth-order valence-corrected chi connectivity index (χ4v) is 4.15. The Hall–Kier alpha value is -2.14. The first kappa shape index (κ1) is 16.3. The van der Waals surface area contributed by atoms with Gasteiger partial charge in [0.2, 0.25) is 5.91 Å². The summed E-state index contributed by atoms with van der Waals surface area (Å²) < 4.78 is 2.19. The largest absolute Gasteiger partial charge is 0.350 e. The maximum absolute atomic E-state index is 13.1. The van der Waals surface area contributed by atoms with Crippen LogP contribution >= 0.6 is 0 Å². The molecule has 3 heterocycles. The molecular formula is C20H26N4O. The standard InChI is InChI=1S/C20H26N4O/c1-15-13-24-14-17(9-10-18(24)21-15)22-20(25)19(23-11-5-6-12-23)16-7-3-2-4-8-16/h2-4,7-8,13,17,19H,5-6,9-12,14H2,1H3,(H,22,25)/t17-,19-/m0/s1. The summed E-state index contributed by atoms with van der Waals surface area (Å²) >= 11 is 0. The smallest absolute Gasteiger partial charge is 0.242 e. The number of imidazole rings is 1. The van der Waals surface area contributed by atoms with Crippen molar-refractivity contribution in [1.29, 1.82) is 0 Å². The molecular weight excluding hydrogens is 312 g/mol. The lowest BCUT2D eigenvalue weighted by molar-refractivity contribution is -0.127. The Labute approximate surface area is 149 Å². The Bertz CT molecular complexity index is 733. The Kier molecular flexibility index (Phi) is 4.57. The van der Waals surface area contributed by atoms with Gasteiger partial charge in [-0.3, -0.25) is 9.69 Å². The van der Waals surface area contributed by atoms with E-state index >= 15 is 0 Å². The summed E-state index contributed by atoms with van der Waals surface area (Å²) in [4.78, 5) is 20.0. The van der Waals surface area contributed by atoms with E-state index in [1.54, 1.807) is 0 Å². The molecule has 5 nitrogen and oxygen atoms in total. The van der Waals surface area contributed by atoms with Gasteiger partial charge in [-0.1, -0.05) is 30.3 Å². The maximum Gasteiger partial charge on any atom is 0.242 e. The predicted molar refractivity (Wildman–Crippen MR) is 97.2 cm³/mol. The van der Waals surface area contributed by atoms with Crippen molar-refractivity contribution in [3.8, 4) is 0 Å². The third kappa shape index (κ3) is 3.47. The van der Waals surface area contributed by atoms with Crippen molar-refractivity contribution in [2.45, 2.75) is 51.2 Å². The van der Waals surface area contributed by atoms with Gasteiger partial charge in [0.05, 0.1) is 5.69 Å². The van der Waals surface area contributed by atoms with E-state index in [0.29, 0.717) is 0 Å². The normalized spacial score (nSPS) is 21.7. The molecule has 1 aromatic heterocycles. The van der Waals surface area contributed by atoms with Crippen LogP contribution in [0, 0.1) is 6.92 Å². The summed E-state index contributed by atoms with van der Waals surface area (Å²) in [6, 6.07) is 10.2. The second-order valence-corrected chi connectivity index (χ2v) is 7.25. The van der Waals surface area contributed by atoms with Crippen molar-refractivity contribution in [1.82, 2.24) is 19.8 Å². The molecule has 1 N–H and O–H groups in total. The van der Waals surface area contributed by atoms with Crippen LogP contribution in [0.2, 0.25) is 0 Å². The highest BCUT2D eigenvalue weighted by molar-refractivity contribution is 5.83. The first-order valence-electron chi connectivity index (χ1n) is 9.33. The molecule has 2 aliphatic rings. The minimum Gasteiger partial charge on any atom is -0.350 e. The summed E-state index contributed by atoms with van der Waals surface area (Å²) in [5.74, 6) is 1.28. The lowest BCUT2D eigenvalue weighted by Crippen LogP contribution is -2.46. The zero-order valence-corrected chi connectivity index (χ0v) is 14.8. The highest BCUT2D eigenvalue weighted by atomic mass is 16.2. The second-order valence-electron chi connectivity index (χ2n) is 7.25. The molecule has 2 aliphatic heterocycles. The fraction of sp³-hybridized carbons (Fsp3) is 0.500. The minimum atomic E-state index is -0.172. The molecule has 0 saturated carbocycles. The number of aryl methyl sites for hydroxylation is 2. The molecule has 5 heteroatoms. The van der Waals surface area contributed by atoms with E-state index < -0.39 is 0 Å². The Morgan fingerprint density at radius 3 is 2.76 bits per heavy atom. The number of aromatic nitrogens is 2. The zero-order chi connectivity index (χ0) is 17.2. The van der Waals surface area contributed by atoms with E-state index in [1.807, 2.05) is 25.1 Å². The lowest BCUT2D eigenvalue weighted by Gasteiger charge is -2.31. The number of benzene rings is 1. The van der Waals surface area contributed by atoms with Crippen molar-refractivity contribution in [3.05, 3.63) is 53.6 Å². The highest BCUT2D eigenvalue weighted by Crippen LogP contribution is 2.26. The van der Waals surface area contributed by atoms with Gasteiger partial charge in [-0.05, 0) is 44.8 Å². The molecule has 1 saturated heterocycles. The number of rotatable bonds is 4. The number of nitrogens with zero attached hydrogens (tertiary/aromatic N) is 3. The van der Waals surface area contributed by atoms with Crippen molar-refractivity contribution in [2.75, 3.05) is 13.1 Å². The molecule has 132 valence electrons. The van der Waals surface area contributed by atoms with Gasteiger partial charge in [0.15, 0.2) is 0 Å². The minimum absolute atomic E-state index is 0.137. The lowest BCUT2D eigenvalue weighted by atomic mass is 10.0. The van der Waals surface area contributed by atoms with Crippen LogP contribution in [0.15, 0.2) is 36.5 Å². The Balaban J connectivity index is 1.49. The quantitative estimate of drug-likeness (QED) is 0.932. The van der Waals surface area contributed by atoms with Gasteiger partial charge in [-0.2, -0.15) is 0 Å². The second kappa shape index (κ2) is 7.00. The van der Waals surface area contributed by atoms with Crippen LogP contribution in [-0.4, -0.2) is 39.5 Å². The maximum atomic E-state index is 13.1. The molecule has 0 unspecified atom stereocenters. The van der Waals surface area contributed by atoms with Crippen LogP contribution in [0.25, 0.3) is 0 Å². The topological polar surface area (TPSA) is 50.2 Å². The number of hydrogen-bond acceptors (Lipinski definition) is 3. The van der Waals surface area contributed by atoms with Gasteiger partial charge in [0.1, 0.15) is 11.9 Å². The number of hydrogen-bond donors (Lipinski definition) is 1. The molecule has 2 aromatic rings. The molecule has 0 aliphatic carbocycles. The van der Waals surface area contributed by atoms with Gasteiger partial charge in [-0.15, -0.1) is 0 Å². The molecule has 2 atom stereocenters. The van der Waals surface area contributed by atoms with Crippen LogP contribution < -0.4 is 5.32 Å². The Morgan fingerprint density at radius 2 is 2.00 bits per heavy atom. The highest BCUT2D eigenvalue weighted by Gasteiger charge is 2.31. The van der Waals surface area contributed by atoms with Gasteiger partial charge in [0.25, 0.3) is 0 Å². The number of likely N-dealkylation sites (tertiary alicyclic amines) is 1. The van der Waals surface area contributed by atoms with Gasteiger partial charge < -0.3 is 9.88 Å². The molecule has 1 aromatic carbocycles. The zero-order valence-electron chi connectivity index (χ0n) is 14.8. The van der Waals surface area contributed by atoms with E-state index in [2.05, 4.69) is 38.1 Å². The third-order valence-corrected chi connectivity index (χ3v) is 5.33. The van der Waals surface area contributed by atoms with Crippen LogP contribution in [0.4, 0.5) is 0 Å². The van der Waals surface area contributed by atoms with E-state index in [-0.39, 0.29) is 18.0 Å². The average molecular weight is 338 g/mol. The first-order valence-corrected chi connectivity index (χ1v) is 9.33. The summed E-state index contributed by atoms with van der Waals surface area (Å²) in [5, 5.41) is 3.32. The SMILES string of the molecule is Cc1cn2c(n1)CC[C@H](NC(=O)[C@H](c1ccccc1)N1CCCC1)C2. The van der Waals surface area contributed by atoms with Crippen LogP contribution in [0.5, 0.6) is 0 Å². The van der Waals surface area contributed by atoms with Crippen LogP contribution in [0.1, 0.15) is 42.4 Å². The molecule has 0 spiro atoms. The fourth-order valence-electron chi connectivity index (χ4n) is 4.15. The van der Waals surface area contributed by atoms with E-state index in [1.165, 1.54) is 12.8 Å². The van der Waals surface area contributed by atoms with E-state index in [9.17, 15) is 4.79 Å². The molecule has 1 amide bonds. The number of fused-ring (bicyclic) bond motifs is 1. The van der Waals surface area contributed by atoms with E-state index in [4.69, 9.17) is 0 Å². The van der Waals surface area contributed by atoms with Crippen LogP contribution in [-0.2, 0) is 17.8 Å². The Morgan fingerprint density at radius 1 is 1.24 bits per heavy atom. The monoisotopic (exact) mass is 338 g/mol. The number of amides is 1. The number of carbonyl (C=O) groups is 1. The van der Waals surface area contributed by atoms with Gasteiger partial charge in [0, 0.05) is 25.2 Å². The summed E-state index contributed by atoms with van der Waals surface area (Å²) in [6.07, 6.45) is 6.33. The number of carbonyl (C=O) groups excluding carboxylic acids is 1. The van der Waals surface area contributed by atoms with Crippen molar-refractivity contribution in [2.24, 2.45) is 0 Å². The predicted octanol–water partition coefficient (Wildman–Crippen LogP) is 2.46. The molecule has 0 bridgehead atoms. The van der Waals surface area contributed by atoms with Crippen LogP contribution in [0.3, 0.4) is 0 Å². The van der Waals surface area contributed by atoms with Crippen molar-refractivity contribution < 1.29 is 4.79 Å². The summed E-state index contributed by atoms with van der Waals surface area (Å²) in [7, 11) is 0. The first-order chi connectivity index (χ1) is 12.2. The van der Waals surface area contributed by atoms with Gasteiger partial charge in [-0.25, -0.2) is 4.98 Å². The van der Waals surface area contributed by atoms with E-state index in [0.717, 1.165) is 49.6 Å². The molecule has 4 rings (SSSR count). The molecule has 1 fully saturated rings. The van der Waals surface area contributed by atoms with Crippen molar-refractivity contribution >= 4 is 5.91 Å². The summed E-state index contributed by atoms with van der Waals surface area (Å²) in [5.41, 5.74) is 2.15. The molecule has 0 radical (unpaired) electrons. The average Bonchev–Trinajstić information content (AvgIpc) is 3.24.